The monoisotopic (exact) mass is 430 g/mol. The molecule has 160 valence electrons. The van der Waals surface area contributed by atoms with E-state index >= 15 is 0 Å². The third-order valence-corrected chi connectivity index (χ3v) is 6.84. The van der Waals surface area contributed by atoms with Gasteiger partial charge in [0.25, 0.3) is 15.9 Å². The number of nitrogens with zero attached hydrogens (tertiary/aromatic N) is 1. The van der Waals surface area contributed by atoms with Crippen molar-refractivity contribution in [3.8, 4) is 5.75 Å². The summed E-state index contributed by atoms with van der Waals surface area (Å²) < 4.78 is 39.4. The summed E-state index contributed by atoms with van der Waals surface area (Å²) in [5, 5.41) is 0. The lowest BCUT2D eigenvalue weighted by Gasteiger charge is -2.21. The van der Waals surface area contributed by atoms with Gasteiger partial charge in [0.2, 0.25) is 0 Å². The first-order valence-electron chi connectivity index (χ1n) is 10.2. The van der Waals surface area contributed by atoms with Crippen LogP contribution in [0, 0.1) is 6.92 Å². The van der Waals surface area contributed by atoms with Crippen molar-refractivity contribution in [3.63, 3.8) is 0 Å². The van der Waals surface area contributed by atoms with Gasteiger partial charge >= 0.3 is 0 Å². The molecular formula is C22H26N2O5S. The Morgan fingerprint density at radius 3 is 2.80 bits per heavy atom. The molecular weight excluding hydrogens is 404 g/mol. The molecule has 2 aromatic rings. The molecule has 2 heterocycles. The van der Waals surface area contributed by atoms with Gasteiger partial charge < -0.3 is 14.4 Å². The van der Waals surface area contributed by atoms with Crippen LogP contribution < -0.4 is 14.4 Å². The minimum atomic E-state index is -3.77. The van der Waals surface area contributed by atoms with E-state index in [-0.39, 0.29) is 10.8 Å². The predicted octanol–water partition coefficient (Wildman–Crippen LogP) is 3.26. The Morgan fingerprint density at radius 2 is 2.10 bits per heavy atom. The Balaban J connectivity index is 1.56. The van der Waals surface area contributed by atoms with Crippen molar-refractivity contribution in [2.75, 3.05) is 29.4 Å². The van der Waals surface area contributed by atoms with Crippen LogP contribution in [0.5, 0.6) is 5.75 Å². The number of benzene rings is 2. The number of hydrogen-bond donors (Lipinski definition) is 1. The van der Waals surface area contributed by atoms with Gasteiger partial charge in [-0.1, -0.05) is 6.07 Å². The van der Waals surface area contributed by atoms with Crippen LogP contribution in [0.4, 0.5) is 11.4 Å². The molecule has 4 rings (SSSR count). The Morgan fingerprint density at radius 1 is 1.27 bits per heavy atom. The van der Waals surface area contributed by atoms with Gasteiger partial charge in [0.05, 0.1) is 17.2 Å². The number of anilines is 2. The highest BCUT2D eigenvalue weighted by molar-refractivity contribution is 7.92. The zero-order valence-corrected chi connectivity index (χ0v) is 18.0. The summed E-state index contributed by atoms with van der Waals surface area (Å²) in [7, 11) is -3.77. The van der Waals surface area contributed by atoms with E-state index < -0.39 is 16.1 Å². The Labute approximate surface area is 177 Å². The Hall–Kier alpha value is -2.58. The lowest BCUT2D eigenvalue weighted by atomic mass is 10.1. The summed E-state index contributed by atoms with van der Waals surface area (Å²) in [6.07, 6.45) is 1.97. The van der Waals surface area contributed by atoms with Crippen LogP contribution in [0.2, 0.25) is 0 Å². The fraction of sp³-hybridized carbons (Fsp3) is 0.409. The van der Waals surface area contributed by atoms with Crippen molar-refractivity contribution in [3.05, 3.63) is 47.5 Å². The normalized spacial score (nSPS) is 18.3. The molecule has 0 aromatic heterocycles. The second-order valence-electron chi connectivity index (χ2n) is 7.55. The molecule has 0 radical (unpaired) electrons. The van der Waals surface area contributed by atoms with Gasteiger partial charge in [-0.05, 0) is 74.6 Å². The van der Waals surface area contributed by atoms with Crippen LogP contribution in [0.3, 0.4) is 0 Å². The molecule has 2 aliphatic rings. The van der Waals surface area contributed by atoms with Crippen LogP contribution in [-0.2, 0) is 26.0 Å². The molecule has 1 saturated heterocycles. The Bertz CT molecular complexity index is 1060. The molecule has 1 atom stereocenters. The van der Waals surface area contributed by atoms with Gasteiger partial charge in [-0.15, -0.1) is 0 Å². The molecule has 0 aliphatic carbocycles. The van der Waals surface area contributed by atoms with Crippen LogP contribution in [0.25, 0.3) is 0 Å². The van der Waals surface area contributed by atoms with Gasteiger partial charge in [0, 0.05) is 18.8 Å². The van der Waals surface area contributed by atoms with E-state index in [0.29, 0.717) is 31.2 Å². The van der Waals surface area contributed by atoms with Crippen molar-refractivity contribution in [2.24, 2.45) is 0 Å². The molecule has 1 fully saturated rings. The van der Waals surface area contributed by atoms with E-state index in [1.807, 2.05) is 19.9 Å². The maximum Gasteiger partial charge on any atom is 0.261 e. The standard InChI is InChI=1S/C22H26N2O5S/c1-3-28-20-9-8-18(13-15(20)2)30(26,27)23-17-7-6-16-10-11-24(19(16)14-17)22(25)21-5-4-12-29-21/h6-9,13-14,21,23H,3-5,10-12H2,1-2H3. The quantitative estimate of drug-likeness (QED) is 0.760. The number of ether oxygens (including phenoxy) is 2. The first-order chi connectivity index (χ1) is 14.4. The fourth-order valence-electron chi connectivity index (χ4n) is 3.94. The zero-order chi connectivity index (χ0) is 21.3. The minimum absolute atomic E-state index is 0.0478. The fourth-order valence-corrected chi connectivity index (χ4v) is 5.07. The number of sulfonamides is 1. The van der Waals surface area contributed by atoms with Crippen molar-refractivity contribution >= 4 is 27.3 Å². The summed E-state index contributed by atoms with van der Waals surface area (Å²) in [5.74, 6) is 0.616. The van der Waals surface area contributed by atoms with Crippen molar-refractivity contribution in [1.82, 2.24) is 0 Å². The molecule has 0 spiro atoms. The van der Waals surface area contributed by atoms with Crippen molar-refractivity contribution < 1.29 is 22.7 Å². The lowest BCUT2D eigenvalue weighted by molar-refractivity contribution is -0.127. The third kappa shape index (κ3) is 4.02. The van der Waals surface area contributed by atoms with Crippen LogP contribution in [0.15, 0.2) is 41.3 Å². The molecule has 0 saturated carbocycles. The Kier molecular flexibility index (Phi) is 5.71. The van der Waals surface area contributed by atoms with E-state index in [0.717, 1.165) is 36.1 Å². The highest BCUT2D eigenvalue weighted by Crippen LogP contribution is 2.33. The highest BCUT2D eigenvalue weighted by atomic mass is 32.2. The molecule has 0 bridgehead atoms. The first-order valence-corrected chi connectivity index (χ1v) is 11.7. The van der Waals surface area contributed by atoms with Gasteiger partial charge in [0.1, 0.15) is 11.9 Å². The maximum absolute atomic E-state index is 12.9. The van der Waals surface area contributed by atoms with E-state index in [4.69, 9.17) is 9.47 Å². The largest absolute Gasteiger partial charge is 0.494 e. The molecule has 1 amide bonds. The number of amides is 1. The maximum atomic E-state index is 12.9. The van der Waals surface area contributed by atoms with Crippen LogP contribution in [0.1, 0.15) is 30.9 Å². The minimum Gasteiger partial charge on any atom is -0.494 e. The topological polar surface area (TPSA) is 84.9 Å². The molecule has 30 heavy (non-hydrogen) atoms. The summed E-state index contributed by atoms with van der Waals surface area (Å²) >= 11 is 0. The first kappa shape index (κ1) is 20.7. The lowest BCUT2D eigenvalue weighted by Crippen LogP contribution is -2.37. The molecule has 7 nitrogen and oxygen atoms in total. The molecule has 1 unspecified atom stereocenters. The predicted molar refractivity (Wildman–Crippen MR) is 115 cm³/mol. The van der Waals surface area contributed by atoms with Crippen molar-refractivity contribution in [2.45, 2.75) is 44.1 Å². The van der Waals surface area contributed by atoms with Crippen molar-refractivity contribution in [1.29, 1.82) is 0 Å². The van der Waals surface area contributed by atoms with Gasteiger partial charge in [0.15, 0.2) is 0 Å². The van der Waals surface area contributed by atoms with Gasteiger partial charge in [-0.3, -0.25) is 9.52 Å². The van der Waals surface area contributed by atoms with Gasteiger partial charge in [-0.25, -0.2) is 8.42 Å². The molecule has 8 heteroatoms. The van der Waals surface area contributed by atoms with E-state index in [2.05, 4.69) is 4.72 Å². The van der Waals surface area contributed by atoms with E-state index in [1.54, 1.807) is 29.2 Å². The van der Waals surface area contributed by atoms with E-state index in [9.17, 15) is 13.2 Å². The number of carbonyl (C=O) groups excluding carboxylic acids is 1. The SMILES string of the molecule is CCOc1ccc(S(=O)(=O)Nc2ccc3c(c2)N(C(=O)C2CCCO2)CC3)cc1C. The average molecular weight is 431 g/mol. The van der Waals surface area contributed by atoms with Crippen LogP contribution >= 0.6 is 0 Å². The number of rotatable bonds is 6. The number of fused-ring (bicyclic) bond motifs is 1. The highest BCUT2D eigenvalue weighted by Gasteiger charge is 2.33. The second kappa shape index (κ2) is 8.28. The number of hydrogen-bond acceptors (Lipinski definition) is 5. The average Bonchev–Trinajstić information content (AvgIpc) is 3.38. The second-order valence-corrected chi connectivity index (χ2v) is 9.23. The molecule has 2 aromatic carbocycles. The molecule has 1 N–H and O–H groups in total. The third-order valence-electron chi connectivity index (χ3n) is 5.46. The van der Waals surface area contributed by atoms with Crippen LogP contribution in [-0.4, -0.2) is 40.2 Å². The smallest absolute Gasteiger partial charge is 0.261 e. The summed E-state index contributed by atoms with van der Waals surface area (Å²) in [6, 6.07) is 10.1. The number of carbonyl (C=O) groups is 1. The number of aryl methyl sites for hydroxylation is 1. The summed E-state index contributed by atoms with van der Waals surface area (Å²) in [5.41, 5.74) is 2.95. The number of nitrogens with one attached hydrogen (secondary N) is 1. The zero-order valence-electron chi connectivity index (χ0n) is 17.2. The van der Waals surface area contributed by atoms with Gasteiger partial charge in [-0.2, -0.15) is 0 Å². The van der Waals surface area contributed by atoms with E-state index in [1.165, 1.54) is 6.07 Å². The summed E-state index contributed by atoms with van der Waals surface area (Å²) in [6.45, 7) is 5.41. The summed E-state index contributed by atoms with van der Waals surface area (Å²) in [4.78, 5) is 14.7. The molecule has 2 aliphatic heterocycles.